The van der Waals surface area contributed by atoms with E-state index in [9.17, 15) is 4.79 Å². The van der Waals surface area contributed by atoms with E-state index in [1.165, 1.54) is 6.92 Å². The molecule has 0 saturated carbocycles. The summed E-state index contributed by atoms with van der Waals surface area (Å²) >= 11 is 0. The number of esters is 1. The molecule has 16 heavy (non-hydrogen) atoms. The van der Waals surface area contributed by atoms with E-state index < -0.39 is 20.1 Å². The van der Waals surface area contributed by atoms with Crippen LogP contribution in [0.25, 0.3) is 0 Å². The van der Waals surface area contributed by atoms with Crippen LogP contribution in [0.3, 0.4) is 0 Å². The first kappa shape index (κ1) is 14.8. The number of carbonyl (C=O) groups is 1. The van der Waals surface area contributed by atoms with Gasteiger partial charge < -0.3 is 4.74 Å². The fourth-order valence-corrected chi connectivity index (χ4v) is 1.57. The van der Waals surface area contributed by atoms with Gasteiger partial charge in [0.2, 0.25) is 6.10 Å². The second kappa shape index (κ2) is 5.23. The Morgan fingerprint density at radius 3 is 2.19 bits per heavy atom. The van der Waals surface area contributed by atoms with Crippen LogP contribution in [-0.4, -0.2) is 20.1 Å². The smallest absolute Gasteiger partial charge is 0.304 e. The molecule has 0 aromatic rings. The lowest BCUT2D eigenvalue weighted by Gasteiger charge is -2.31. The second-order valence-electron chi connectivity index (χ2n) is 5.30. The largest absolute Gasteiger partial charge is 0.437 e. The monoisotopic (exact) mass is 236 g/mol. The summed E-state index contributed by atoms with van der Waals surface area (Å²) in [5, 5.41) is 0.176. The summed E-state index contributed by atoms with van der Waals surface area (Å²) in [6.45, 7) is 12.2. The van der Waals surface area contributed by atoms with Crippen molar-refractivity contribution in [2.75, 3.05) is 0 Å². The van der Waals surface area contributed by atoms with Crippen LogP contribution in [0.2, 0.25) is 18.1 Å². The Morgan fingerprint density at radius 2 is 1.88 bits per heavy atom. The first-order valence-corrected chi connectivity index (χ1v) is 8.26. The van der Waals surface area contributed by atoms with Gasteiger partial charge in [-0.25, -0.2) is 0 Å². The van der Waals surface area contributed by atoms with Crippen LogP contribution in [-0.2, 0) is 9.53 Å². The third kappa shape index (κ3) is 4.55. The molecule has 0 amide bonds. The molecule has 0 unspecified atom stereocenters. The Morgan fingerprint density at radius 1 is 1.38 bits per heavy atom. The van der Waals surface area contributed by atoms with Crippen molar-refractivity contribution < 1.29 is 9.53 Å². The van der Waals surface area contributed by atoms with Gasteiger partial charge in [0.05, 0.1) is 0 Å². The van der Waals surface area contributed by atoms with Crippen molar-refractivity contribution in [3.05, 3.63) is 0 Å². The van der Waals surface area contributed by atoms with Gasteiger partial charge in [0.1, 0.15) is 8.07 Å². The van der Waals surface area contributed by atoms with Crippen LogP contribution < -0.4 is 0 Å². The van der Waals surface area contributed by atoms with E-state index in [0.717, 1.165) is 0 Å². The van der Waals surface area contributed by atoms with Gasteiger partial charge in [-0.2, -0.15) is 0 Å². The summed E-state index contributed by atoms with van der Waals surface area (Å²) in [5.74, 6) is 4.85. The van der Waals surface area contributed by atoms with Gasteiger partial charge in [-0.15, -0.1) is 12.0 Å². The quantitative estimate of drug-likeness (QED) is 0.397. The zero-order valence-corrected chi connectivity index (χ0v) is 12.0. The standard InChI is InChI=1S/C13H20O2Si/c1-8-12(15-11(2)14)9-10-16(6,7)13(3,4)5/h1,12H,2-7H3/t12-/m0/s1. The summed E-state index contributed by atoms with van der Waals surface area (Å²) in [6, 6.07) is 0. The van der Waals surface area contributed by atoms with Crippen molar-refractivity contribution in [1.82, 2.24) is 0 Å². The van der Waals surface area contributed by atoms with E-state index in [4.69, 9.17) is 11.2 Å². The third-order valence-electron chi connectivity index (χ3n) is 2.83. The Kier molecular flexibility index (Phi) is 4.84. The highest BCUT2D eigenvalue weighted by Gasteiger charge is 2.33. The molecule has 0 aliphatic carbocycles. The molecule has 0 N–H and O–H groups in total. The number of terminal acetylenes is 1. The summed E-state index contributed by atoms with van der Waals surface area (Å²) < 4.78 is 4.88. The zero-order valence-electron chi connectivity index (χ0n) is 11.0. The Balaban J connectivity index is 4.84. The summed E-state index contributed by atoms with van der Waals surface area (Å²) in [6.07, 6.45) is 4.53. The summed E-state index contributed by atoms with van der Waals surface area (Å²) in [7, 11) is -1.68. The molecule has 0 saturated heterocycles. The van der Waals surface area contributed by atoms with Crippen molar-refractivity contribution in [2.24, 2.45) is 0 Å². The number of hydrogen-bond acceptors (Lipinski definition) is 2. The number of rotatable bonds is 1. The lowest BCUT2D eigenvalue weighted by atomic mass is 10.2. The number of carbonyl (C=O) groups excluding carboxylic acids is 1. The predicted octanol–water partition coefficient (Wildman–Crippen LogP) is 2.60. The van der Waals surface area contributed by atoms with Gasteiger partial charge in [0.15, 0.2) is 0 Å². The fourth-order valence-electron chi connectivity index (χ4n) is 0.705. The first-order valence-electron chi connectivity index (χ1n) is 5.26. The molecule has 0 aliphatic rings. The number of hydrogen-bond donors (Lipinski definition) is 0. The molecule has 0 fully saturated rings. The molecule has 0 spiro atoms. The summed E-state index contributed by atoms with van der Waals surface area (Å²) in [4.78, 5) is 10.8. The molecule has 0 bridgehead atoms. The first-order chi connectivity index (χ1) is 7.10. The van der Waals surface area contributed by atoms with Crippen LogP contribution >= 0.6 is 0 Å². The van der Waals surface area contributed by atoms with E-state index in [1.54, 1.807) is 0 Å². The molecule has 0 aromatic heterocycles. The van der Waals surface area contributed by atoms with Gasteiger partial charge in [-0.05, 0) is 11.0 Å². The third-order valence-corrected chi connectivity index (χ3v) is 7.35. The lowest BCUT2D eigenvalue weighted by molar-refractivity contribution is -0.141. The van der Waals surface area contributed by atoms with Crippen LogP contribution in [0, 0.1) is 23.8 Å². The van der Waals surface area contributed by atoms with Gasteiger partial charge in [0, 0.05) is 6.92 Å². The molecule has 0 heterocycles. The minimum atomic E-state index is -1.68. The highest BCUT2D eigenvalue weighted by molar-refractivity contribution is 6.87. The highest BCUT2D eigenvalue weighted by Crippen LogP contribution is 2.35. The van der Waals surface area contributed by atoms with Gasteiger partial charge in [-0.1, -0.05) is 39.8 Å². The molecule has 0 radical (unpaired) electrons. The maximum Gasteiger partial charge on any atom is 0.304 e. The Labute approximate surface area is 99.8 Å². The highest BCUT2D eigenvalue weighted by atomic mass is 28.3. The topological polar surface area (TPSA) is 26.3 Å². The minimum absolute atomic E-state index is 0.176. The maximum atomic E-state index is 10.8. The number of ether oxygens (including phenoxy) is 1. The van der Waals surface area contributed by atoms with E-state index in [-0.39, 0.29) is 5.04 Å². The van der Waals surface area contributed by atoms with Gasteiger partial charge in [-0.3, -0.25) is 4.79 Å². The molecule has 0 rings (SSSR count). The van der Waals surface area contributed by atoms with Crippen LogP contribution in [0.1, 0.15) is 27.7 Å². The normalized spacial score (nSPS) is 13.1. The SMILES string of the molecule is C#C[C@@H](C#C[Si](C)(C)C(C)(C)C)OC(C)=O. The molecule has 0 aromatic carbocycles. The maximum absolute atomic E-state index is 10.8. The molecule has 0 aliphatic heterocycles. The predicted molar refractivity (Wildman–Crippen MR) is 69.4 cm³/mol. The van der Waals surface area contributed by atoms with Crippen molar-refractivity contribution in [3.63, 3.8) is 0 Å². The Hall–Kier alpha value is -1.19. The average molecular weight is 236 g/mol. The molecule has 88 valence electrons. The van der Waals surface area contributed by atoms with Gasteiger partial charge >= 0.3 is 5.97 Å². The van der Waals surface area contributed by atoms with E-state index in [0.29, 0.717) is 0 Å². The molecule has 1 atom stereocenters. The molecular weight excluding hydrogens is 216 g/mol. The van der Waals surface area contributed by atoms with Gasteiger partial charge in [0.25, 0.3) is 0 Å². The average Bonchev–Trinajstić information content (AvgIpc) is 2.09. The Bertz CT molecular complexity index is 358. The van der Waals surface area contributed by atoms with Crippen LogP contribution in [0.15, 0.2) is 0 Å². The second-order valence-corrected chi connectivity index (χ2v) is 10.3. The lowest BCUT2D eigenvalue weighted by Crippen LogP contribution is -2.36. The minimum Gasteiger partial charge on any atom is -0.437 e. The van der Waals surface area contributed by atoms with Crippen molar-refractivity contribution in [2.45, 2.75) is 51.9 Å². The van der Waals surface area contributed by atoms with Crippen molar-refractivity contribution in [1.29, 1.82) is 0 Å². The van der Waals surface area contributed by atoms with E-state index in [2.05, 4.69) is 51.2 Å². The molecular formula is C13H20O2Si. The zero-order chi connectivity index (χ0) is 13.0. The summed E-state index contributed by atoms with van der Waals surface area (Å²) in [5.41, 5.74) is 3.22. The molecule has 2 nitrogen and oxygen atoms in total. The van der Waals surface area contributed by atoms with Crippen LogP contribution in [0.5, 0.6) is 0 Å². The van der Waals surface area contributed by atoms with E-state index in [1.807, 2.05) is 0 Å². The van der Waals surface area contributed by atoms with Crippen molar-refractivity contribution >= 4 is 14.0 Å². The fraction of sp³-hybridized carbons (Fsp3) is 0.615. The molecule has 3 heteroatoms. The van der Waals surface area contributed by atoms with Crippen LogP contribution in [0.4, 0.5) is 0 Å². The van der Waals surface area contributed by atoms with Crippen molar-refractivity contribution in [3.8, 4) is 23.8 Å². The van der Waals surface area contributed by atoms with E-state index >= 15 is 0 Å².